The molecule has 0 saturated heterocycles. The minimum atomic E-state index is 0.379. The number of hydrogen-bond donors (Lipinski definition) is 0. The number of thiazole rings is 1. The molecule has 0 aliphatic carbocycles. The van der Waals surface area contributed by atoms with Crippen molar-refractivity contribution in [1.82, 2.24) is 9.38 Å². The summed E-state index contributed by atoms with van der Waals surface area (Å²) in [6, 6.07) is 3.80. The molecule has 2 aromatic heterocycles. The van der Waals surface area contributed by atoms with Crippen molar-refractivity contribution in [1.29, 1.82) is 0 Å². The van der Waals surface area contributed by atoms with Gasteiger partial charge in [-0.25, -0.2) is 4.98 Å². The molecular weight excluding hydrogens is 376 g/mol. The van der Waals surface area contributed by atoms with Crippen molar-refractivity contribution in [3.8, 4) is 11.5 Å². The van der Waals surface area contributed by atoms with Crippen molar-refractivity contribution in [2.24, 2.45) is 0 Å². The second kappa shape index (κ2) is 6.25. The molecule has 2 heterocycles. The summed E-state index contributed by atoms with van der Waals surface area (Å²) in [6.45, 7) is 0.379. The lowest BCUT2D eigenvalue weighted by atomic mass is 10.2. The van der Waals surface area contributed by atoms with Crippen LogP contribution in [-0.2, 0) is 12.5 Å². The fourth-order valence-corrected chi connectivity index (χ4v) is 3.46. The van der Waals surface area contributed by atoms with Gasteiger partial charge in [0.2, 0.25) is 0 Å². The van der Waals surface area contributed by atoms with Crippen LogP contribution in [-0.4, -0.2) is 16.5 Å². The third kappa shape index (κ3) is 3.02. The molecule has 3 aromatic rings. The summed E-state index contributed by atoms with van der Waals surface area (Å²) in [4.78, 5) is 5.44. The van der Waals surface area contributed by atoms with Gasteiger partial charge in [0.15, 0.2) is 16.5 Å². The average molecular weight is 388 g/mol. The summed E-state index contributed by atoms with van der Waals surface area (Å²) in [5, 5.41) is 2.00. The maximum absolute atomic E-state index is 5.86. The number of benzene rings is 1. The minimum Gasteiger partial charge on any atom is -0.493 e. The second-order valence-corrected chi connectivity index (χ2v) is 6.35. The van der Waals surface area contributed by atoms with Gasteiger partial charge in [0.25, 0.3) is 0 Å². The number of alkyl halides is 1. The standard InChI is InChI=1S/C14H12BrClN2O2S/c1-19-12-5-9(6-16)4-11(15)13(12)20-8-10-7-18-2-3-21-14(18)17-10/h2-5,7H,6,8H2,1H3. The number of rotatable bonds is 5. The predicted molar refractivity (Wildman–Crippen MR) is 87.7 cm³/mol. The molecule has 0 aliphatic heterocycles. The summed E-state index contributed by atoms with van der Waals surface area (Å²) in [5.41, 5.74) is 1.84. The number of imidazole rings is 1. The highest BCUT2D eigenvalue weighted by Crippen LogP contribution is 2.37. The van der Waals surface area contributed by atoms with E-state index in [0.717, 1.165) is 20.7 Å². The van der Waals surface area contributed by atoms with Gasteiger partial charge in [0.1, 0.15) is 6.61 Å². The third-order valence-electron chi connectivity index (χ3n) is 2.95. The number of halogens is 2. The van der Waals surface area contributed by atoms with Crippen molar-refractivity contribution in [2.45, 2.75) is 12.5 Å². The van der Waals surface area contributed by atoms with E-state index >= 15 is 0 Å². The fraction of sp³-hybridized carbons (Fsp3) is 0.214. The topological polar surface area (TPSA) is 35.8 Å². The minimum absolute atomic E-state index is 0.379. The van der Waals surface area contributed by atoms with E-state index in [1.54, 1.807) is 18.4 Å². The molecule has 0 radical (unpaired) electrons. The summed E-state index contributed by atoms with van der Waals surface area (Å²) in [5.74, 6) is 1.73. The molecular formula is C14H12BrClN2O2S. The molecule has 3 rings (SSSR count). The molecule has 1 aromatic carbocycles. The number of fused-ring (bicyclic) bond motifs is 1. The molecule has 0 N–H and O–H groups in total. The zero-order valence-electron chi connectivity index (χ0n) is 11.2. The van der Waals surface area contributed by atoms with Crippen LogP contribution in [0.1, 0.15) is 11.3 Å². The van der Waals surface area contributed by atoms with Crippen LogP contribution in [0.15, 0.2) is 34.4 Å². The van der Waals surface area contributed by atoms with Gasteiger partial charge in [-0.05, 0) is 33.6 Å². The van der Waals surface area contributed by atoms with Crippen molar-refractivity contribution < 1.29 is 9.47 Å². The van der Waals surface area contributed by atoms with Gasteiger partial charge in [0.05, 0.1) is 17.3 Å². The van der Waals surface area contributed by atoms with Crippen molar-refractivity contribution in [2.75, 3.05) is 7.11 Å². The summed E-state index contributed by atoms with van der Waals surface area (Å²) in [7, 11) is 1.61. The molecule has 0 bridgehead atoms. The Labute approximate surface area is 139 Å². The molecule has 4 nitrogen and oxygen atoms in total. The average Bonchev–Trinajstić information content (AvgIpc) is 3.06. The van der Waals surface area contributed by atoms with E-state index in [1.807, 2.05) is 34.3 Å². The molecule has 0 amide bonds. The Morgan fingerprint density at radius 1 is 1.43 bits per heavy atom. The summed E-state index contributed by atoms with van der Waals surface area (Å²) in [6.07, 6.45) is 3.93. The lowest BCUT2D eigenvalue weighted by molar-refractivity contribution is 0.279. The maximum atomic E-state index is 5.86. The quantitative estimate of drug-likeness (QED) is 0.605. The molecule has 0 unspecified atom stereocenters. The van der Waals surface area contributed by atoms with Crippen LogP contribution in [0.4, 0.5) is 0 Å². The molecule has 0 fully saturated rings. The van der Waals surface area contributed by atoms with E-state index in [4.69, 9.17) is 21.1 Å². The number of methoxy groups -OCH3 is 1. The highest BCUT2D eigenvalue weighted by atomic mass is 79.9. The van der Waals surface area contributed by atoms with E-state index in [9.17, 15) is 0 Å². The number of ether oxygens (including phenoxy) is 2. The predicted octanol–water partition coefficient (Wildman–Crippen LogP) is 4.48. The molecule has 0 aliphatic rings. The first-order chi connectivity index (χ1) is 10.2. The Bertz CT molecular complexity index is 743. The van der Waals surface area contributed by atoms with Crippen molar-refractivity contribution >= 4 is 43.8 Å². The highest BCUT2D eigenvalue weighted by molar-refractivity contribution is 9.10. The Hall–Kier alpha value is -1.24. The van der Waals surface area contributed by atoms with Gasteiger partial charge in [-0.3, -0.25) is 4.40 Å². The lowest BCUT2D eigenvalue weighted by Gasteiger charge is -2.13. The molecule has 7 heteroatoms. The van der Waals surface area contributed by atoms with E-state index in [1.165, 1.54) is 0 Å². The Kier molecular flexibility index (Phi) is 4.37. The largest absolute Gasteiger partial charge is 0.493 e. The van der Waals surface area contributed by atoms with E-state index in [-0.39, 0.29) is 0 Å². The highest BCUT2D eigenvalue weighted by Gasteiger charge is 2.12. The van der Waals surface area contributed by atoms with Gasteiger partial charge >= 0.3 is 0 Å². The van der Waals surface area contributed by atoms with Crippen molar-refractivity contribution in [3.05, 3.63) is 45.6 Å². The van der Waals surface area contributed by atoms with Gasteiger partial charge in [-0.1, -0.05) is 0 Å². The van der Waals surface area contributed by atoms with Crippen molar-refractivity contribution in [3.63, 3.8) is 0 Å². The third-order valence-corrected chi connectivity index (χ3v) is 4.62. The zero-order valence-corrected chi connectivity index (χ0v) is 14.3. The van der Waals surface area contributed by atoms with E-state index in [2.05, 4.69) is 20.9 Å². The first-order valence-corrected chi connectivity index (χ1v) is 8.38. The normalized spacial score (nSPS) is 11.0. The molecule has 21 heavy (non-hydrogen) atoms. The van der Waals surface area contributed by atoms with Crippen LogP contribution in [0, 0.1) is 0 Å². The second-order valence-electron chi connectivity index (χ2n) is 4.36. The van der Waals surface area contributed by atoms with Gasteiger partial charge < -0.3 is 9.47 Å². The van der Waals surface area contributed by atoms with Gasteiger partial charge in [-0.2, -0.15) is 0 Å². The Balaban J connectivity index is 1.82. The molecule has 110 valence electrons. The first kappa shape index (κ1) is 14.7. The molecule has 0 spiro atoms. The lowest BCUT2D eigenvalue weighted by Crippen LogP contribution is -1.99. The van der Waals surface area contributed by atoms with Crippen LogP contribution < -0.4 is 9.47 Å². The Morgan fingerprint density at radius 2 is 2.29 bits per heavy atom. The number of aromatic nitrogens is 2. The van der Waals surface area contributed by atoms with Crippen LogP contribution >= 0.6 is 38.9 Å². The van der Waals surface area contributed by atoms with E-state index in [0.29, 0.717) is 24.0 Å². The van der Waals surface area contributed by atoms with Crippen LogP contribution in [0.3, 0.4) is 0 Å². The molecule has 0 atom stereocenters. The molecule has 0 saturated carbocycles. The summed E-state index contributed by atoms with van der Waals surface area (Å²) >= 11 is 10.9. The number of hydrogen-bond acceptors (Lipinski definition) is 4. The maximum Gasteiger partial charge on any atom is 0.193 e. The van der Waals surface area contributed by atoms with Crippen LogP contribution in [0.25, 0.3) is 4.96 Å². The number of nitrogens with zero attached hydrogens (tertiary/aromatic N) is 2. The van der Waals surface area contributed by atoms with Crippen LogP contribution in [0.2, 0.25) is 0 Å². The first-order valence-electron chi connectivity index (χ1n) is 6.17. The fourth-order valence-electron chi connectivity index (χ4n) is 1.98. The monoisotopic (exact) mass is 386 g/mol. The van der Waals surface area contributed by atoms with Gasteiger partial charge in [0, 0.05) is 23.7 Å². The summed E-state index contributed by atoms with van der Waals surface area (Å²) < 4.78 is 14.0. The zero-order chi connectivity index (χ0) is 14.8. The smallest absolute Gasteiger partial charge is 0.193 e. The van der Waals surface area contributed by atoms with Gasteiger partial charge in [-0.15, -0.1) is 22.9 Å². The SMILES string of the molecule is COc1cc(CCl)cc(Br)c1OCc1cn2ccsc2n1. The van der Waals surface area contributed by atoms with E-state index < -0.39 is 0 Å². The van der Waals surface area contributed by atoms with Crippen LogP contribution in [0.5, 0.6) is 11.5 Å². The Morgan fingerprint density at radius 3 is 3.00 bits per heavy atom.